The number of rotatable bonds is 14. The van der Waals surface area contributed by atoms with Crippen molar-refractivity contribution in [2.24, 2.45) is 22.7 Å². The van der Waals surface area contributed by atoms with Gasteiger partial charge in [-0.05, 0) is 108 Å². The van der Waals surface area contributed by atoms with Gasteiger partial charge in [0.1, 0.15) is 17.7 Å². The van der Waals surface area contributed by atoms with E-state index in [9.17, 15) is 14.4 Å². The molecule has 7 atom stereocenters. The number of nitrogens with one attached hydrogen (secondary N) is 4. The molecule has 5 aromatic rings. The van der Waals surface area contributed by atoms with Gasteiger partial charge in [0.25, 0.3) is 0 Å². The van der Waals surface area contributed by atoms with E-state index < -0.39 is 18.2 Å². The van der Waals surface area contributed by atoms with Gasteiger partial charge in [0.15, 0.2) is 0 Å². The molecule has 1 saturated heterocycles. The SMILES string of the molecule is COC(=O)N[C@H](C(=O)N(CC1(C)CC1)[C@@H](C)c1ncc(-c2ccc3cc(-c4ccc(-c5cnc([C@@H]6[C@H]7CC[C@H](C7)N6C(C)[C@@H](NC(=O)OC)C(C)(C)C)[nH]5)cc4)ccc3c2)[nH]1)C(C)C. The Hall–Kier alpha value is -5.69. The van der Waals surface area contributed by atoms with Crippen LogP contribution in [0, 0.1) is 22.7 Å². The first-order chi connectivity index (χ1) is 30.5. The fourth-order valence-electron chi connectivity index (χ4n) is 10.4. The van der Waals surface area contributed by atoms with Crippen LogP contribution in [0.4, 0.5) is 9.59 Å². The lowest BCUT2D eigenvalue weighted by Gasteiger charge is -2.45. The summed E-state index contributed by atoms with van der Waals surface area (Å²) in [6.07, 6.45) is 8.38. The summed E-state index contributed by atoms with van der Waals surface area (Å²) in [6, 6.07) is 21.2. The van der Waals surface area contributed by atoms with Gasteiger partial charge in [-0.1, -0.05) is 90.1 Å². The molecule has 3 aromatic carbocycles. The second kappa shape index (κ2) is 17.7. The zero-order chi connectivity index (χ0) is 45.7. The number of aromatic amines is 2. The lowest BCUT2D eigenvalue weighted by Crippen LogP contribution is -2.58. The first-order valence-electron chi connectivity index (χ1n) is 23.0. The van der Waals surface area contributed by atoms with Gasteiger partial charge in [-0.15, -0.1) is 0 Å². The summed E-state index contributed by atoms with van der Waals surface area (Å²) in [5, 5.41) is 8.15. The zero-order valence-electron chi connectivity index (χ0n) is 39.1. The van der Waals surface area contributed by atoms with Gasteiger partial charge in [-0.25, -0.2) is 19.6 Å². The fourth-order valence-corrected chi connectivity index (χ4v) is 10.4. The van der Waals surface area contributed by atoms with Crippen molar-refractivity contribution in [3.05, 3.63) is 84.7 Å². The number of amides is 3. The van der Waals surface area contributed by atoms with Crippen molar-refractivity contribution in [1.29, 1.82) is 0 Å². The van der Waals surface area contributed by atoms with Gasteiger partial charge in [0, 0.05) is 24.2 Å². The molecule has 2 aromatic heterocycles. The average Bonchev–Trinajstić information content (AvgIpc) is 3.85. The first-order valence-corrected chi connectivity index (χ1v) is 23.0. The summed E-state index contributed by atoms with van der Waals surface area (Å²) >= 11 is 0. The number of likely N-dealkylation sites (tertiary alicyclic amines) is 1. The number of H-pyrrole nitrogens is 2. The van der Waals surface area contributed by atoms with Crippen LogP contribution in [0.1, 0.15) is 111 Å². The molecule has 2 aliphatic carbocycles. The zero-order valence-corrected chi connectivity index (χ0v) is 39.1. The van der Waals surface area contributed by atoms with Crippen molar-refractivity contribution >= 4 is 28.9 Å². The molecule has 8 rings (SSSR count). The predicted molar refractivity (Wildman–Crippen MR) is 250 cm³/mol. The van der Waals surface area contributed by atoms with E-state index >= 15 is 0 Å². The van der Waals surface area contributed by atoms with Crippen molar-refractivity contribution in [1.82, 2.24) is 40.4 Å². The summed E-state index contributed by atoms with van der Waals surface area (Å²) < 4.78 is 9.87. The Labute approximate surface area is 377 Å². The van der Waals surface area contributed by atoms with E-state index in [1.165, 1.54) is 27.1 Å². The second-order valence-electron chi connectivity index (χ2n) is 20.4. The minimum Gasteiger partial charge on any atom is -0.453 e. The number of imidazole rings is 2. The van der Waals surface area contributed by atoms with Crippen LogP contribution in [-0.2, 0) is 14.3 Å². The molecule has 340 valence electrons. The van der Waals surface area contributed by atoms with E-state index in [0.29, 0.717) is 24.3 Å². The molecule has 0 radical (unpaired) electrons. The molecule has 64 heavy (non-hydrogen) atoms. The molecular formula is C51H66N8O5. The number of alkyl carbamates (subject to hydrolysis) is 2. The minimum atomic E-state index is -0.717. The number of methoxy groups -OCH3 is 2. The third kappa shape index (κ3) is 9.14. The number of hydrogen-bond acceptors (Lipinski definition) is 8. The molecule has 13 nitrogen and oxygen atoms in total. The lowest BCUT2D eigenvalue weighted by atomic mass is 9.81. The van der Waals surface area contributed by atoms with Crippen LogP contribution < -0.4 is 10.6 Å². The summed E-state index contributed by atoms with van der Waals surface area (Å²) in [7, 11) is 2.73. The topological polar surface area (TPSA) is 158 Å². The van der Waals surface area contributed by atoms with Crippen LogP contribution in [0.15, 0.2) is 73.1 Å². The summed E-state index contributed by atoms with van der Waals surface area (Å²) in [4.78, 5) is 60.1. The molecule has 2 bridgehead atoms. The number of hydrogen-bond donors (Lipinski definition) is 4. The number of ether oxygens (including phenoxy) is 2. The third-order valence-corrected chi connectivity index (χ3v) is 14.3. The third-order valence-electron chi connectivity index (χ3n) is 14.3. The molecule has 4 N–H and O–H groups in total. The summed E-state index contributed by atoms with van der Waals surface area (Å²) in [5.74, 6) is 1.94. The predicted octanol–water partition coefficient (Wildman–Crippen LogP) is 10.0. The quantitative estimate of drug-likeness (QED) is 0.0859. The molecule has 13 heteroatoms. The standard InChI is InChI=1S/C51H66N8O5/c1-29(2)42(56-48(61)63-9)47(60)58(28-51(8)21-22-51)31(4)45-52-27-41(54-45)37-18-17-35-23-34(15-16-36(35)24-37)32-11-13-33(14-12-32)40-26-53-46(55-40)43-38-19-20-39(25-38)59(43)30(3)44(50(5,6)7)57-49(62)64-10/h11-18,23-24,26-27,29-31,38-39,42-44H,19-22,25,28H2,1-10H3,(H,52,54)(H,53,55)(H,56,61)(H,57,62)/t30?,31-,38-,39+,42-,43-,44+/m0/s1. The smallest absolute Gasteiger partial charge is 0.407 e. The number of nitrogens with zero attached hydrogens (tertiary/aromatic N) is 4. The summed E-state index contributed by atoms with van der Waals surface area (Å²) in [5.41, 5.74) is 6.09. The Morgan fingerprint density at radius 3 is 2.05 bits per heavy atom. The van der Waals surface area contributed by atoms with Crippen LogP contribution in [-0.4, -0.2) is 92.8 Å². The van der Waals surface area contributed by atoms with Gasteiger partial charge in [0.2, 0.25) is 5.91 Å². The number of carbonyl (C=O) groups is 3. The molecule has 3 fully saturated rings. The lowest BCUT2D eigenvalue weighted by molar-refractivity contribution is -0.137. The van der Waals surface area contributed by atoms with Crippen LogP contribution in [0.25, 0.3) is 44.4 Å². The Balaban J connectivity index is 0.965. The van der Waals surface area contributed by atoms with Crippen molar-refractivity contribution in [3.8, 4) is 33.6 Å². The largest absolute Gasteiger partial charge is 0.453 e. The van der Waals surface area contributed by atoms with E-state index in [2.05, 4.69) is 121 Å². The van der Waals surface area contributed by atoms with Crippen LogP contribution in [0.3, 0.4) is 0 Å². The highest BCUT2D eigenvalue weighted by Gasteiger charge is 2.52. The molecule has 1 unspecified atom stereocenters. The highest BCUT2D eigenvalue weighted by Crippen LogP contribution is 2.52. The summed E-state index contributed by atoms with van der Waals surface area (Å²) in [6.45, 7) is 17.4. The van der Waals surface area contributed by atoms with Crippen molar-refractivity contribution in [2.75, 3.05) is 20.8 Å². The molecule has 2 saturated carbocycles. The van der Waals surface area contributed by atoms with Crippen LogP contribution in [0.2, 0.25) is 0 Å². The average molecular weight is 871 g/mol. The van der Waals surface area contributed by atoms with Crippen molar-refractivity contribution in [3.63, 3.8) is 0 Å². The minimum absolute atomic E-state index is 0.0524. The van der Waals surface area contributed by atoms with Gasteiger partial charge in [-0.2, -0.15) is 0 Å². The highest BCUT2D eigenvalue weighted by atomic mass is 16.5. The molecule has 0 spiro atoms. The monoisotopic (exact) mass is 871 g/mol. The highest BCUT2D eigenvalue weighted by molar-refractivity contribution is 5.91. The van der Waals surface area contributed by atoms with Gasteiger partial charge < -0.3 is 35.0 Å². The van der Waals surface area contributed by atoms with E-state index in [1.54, 1.807) is 0 Å². The maximum absolute atomic E-state index is 14.1. The second-order valence-corrected chi connectivity index (χ2v) is 20.4. The van der Waals surface area contributed by atoms with E-state index in [4.69, 9.17) is 19.4 Å². The van der Waals surface area contributed by atoms with E-state index in [1.807, 2.05) is 38.1 Å². The Bertz CT molecular complexity index is 2480. The molecule has 3 aliphatic rings. The maximum Gasteiger partial charge on any atom is 0.407 e. The Morgan fingerprint density at radius 1 is 0.812 bits per heavy atom. The Kier molecular flexibility index (Phi) is 12.4. The maximum atomic E-state index is 14.1. The normalized spacial score (nSPS) is 21.0. The van der Waals surface area contributed by atoms with Crippen LogP contribution in [0.5, 0.6) is 0 Å². The number of aromatic nitrogens is 4. The number of fused-ring (bicyclic) bond motifs is 3. The van der Waals surface area contributed by atoms with Gasteiger partial charge in [-0.3, -0.25) is 9.69 Å². The number of piperidine rings is 1. The molecule has 3 heterocycles. The van der Waals surface area contributed by atoms with Crippen molar-refractivity contribution < 1.29 is 23.9 Å². The fraction of sp³-hybridized carbons (Fsp3) is 0.510. The first kappa shape index (κ1) is 44.9. The van der Waals surface area contributed by atoms with Gasteiger partial charge >= 0.3 is 12.2 Å². The van der Waals surface area contributed by atoms with Gasteiger partial charge in [0.05, 0.1) is 56.1 Å². The number of carbonyl (C=O) groups excluding carboxylic acids is 3. The number of benzene rings is 3. The molecule has 3 amide bonds. The van der Waals surface area contributed by atoms with Crippen molar-refractivity contribution in [2.45, 2.75) is 124 Å². The van der Waals surface area contributed by atoms with E-state index in [0.717, 1.165) is 69.5 Å². The van der Waals surface area contributed by atoms with Crippen LogP contribution >= 0.6 is 0 Å². The molecular weight excluding hydrogens is 805 g/mol. The molecule has 1 aliphatic heterocycles. The van der Waals surface area contributed by atoms with E-state index in [-0.39, 0.29) is 46.8 Å². The Morgan fingerprint density at radius 2 is 1.41 bits per heavy atom.